The van der Waals surface area contributed by atoms with Crippen molar-refractivity contribution in [3.8, 4) is 23.0 Å². The number of phenols is 1. The molecule has 0 amide bonds. The lowest BCUT2D eigenvalue weighted by molar-refractivity contribution is 0.0990. The number of benzene rings is 3. The van der Waals surface area contributed by atoms with E-state index in [-0.39, 0.29) is 46.1 Å². The number of hydrogen-bond acceptors (Lipinski definition) is 7. The maximum Gasteiger partial charge on any atom is 0.346 e. The number of para-hydroxylation sites is 1. The molecular weight excluding hydrogens is 412 g/mol. The van der Waals surface area contributed by atoms with Crippen LogP contribution >= 0.6 is 0 Å². The molecule has 2 N–H and O–H groups in total. The number of hydrogen-bond donors (Lipinski definition) is 2. The van der Waals surface area contributed by atoms with Crippen LogP contribution in [0.1, 0.15) is 33.2 Å². The number of carbonyl (C=O) groups is 1. The Bertz CT molecular complexity index is 1420. The highest BCUT2D eigenvalue weighted by Crippen LogP contribution is 2.46. The average Bonchev–Trinajstić information content (AvgIpc) is 2.79. The van der Waals surface area contributed by atoms with Crippen molar-refractivity contribution in [3.63, 3.8) is 0 Å². The highest BCUT2D eigenvalue weighted by atomic mass is 16.5. The number of phenolic OH excluding ortho intramolecular Hbond substituents is 1. The predicted octanol–water partition coefficient (Wildman–Crippen LogP) is 4.12. The summed E-state index contributed by atoms with van der Waals surface area (Å²) in [6.45, 7) is 0. The van der Waals surface area contributed by atoms with Crippen molar-refractivity contribution in [3.05, 3.63) is 93.3 Å². The minimum atomic E-state index is -1.37. The zero-order valence-corrected chi connectivity index (χ0v) is 17.0. The van der Waals surface area contributed by atoms with Crippen LogP contribution in [-0.4, -0.2) is 23.1 Å². The van der Waals surface area contributed by atoms with Crippen molar-refractivity contribution in [2.45, 2.75) is 12.5 Å². The molecule has 5 rings (SSSR count). The largest absolute Gasteiger partial charge is 0.507 e. The first-order chi connectivity index (χ1) is 15.5. The van der Waals surface area contributed by atoms with Gasteiger partial charge in [-0.1, -0.05) is 24.3 Å². The molecule has 7 nitrogen and oxygen atoms in total. The Morgan fingerprint density at radius 2 is 1.84 bits per heavy atom. The second kappa shape index (κ2) is 7.55. The molecule has 7 heteroatoms. The minimum absolute atomic E-state index is 0.0239. The van der Waals surface area contributed by atoms with Crippen molar-refractivity contribution >= 4 is 16.8 Å². The van der Waals surface area contributed by atoms with E-state index >= 15 is 0 Å². The van der Waals surface area contributed by atoms with Crippen LogP contribution in [0, 0.1) is 0 Å². The summed E-state index contributed by atoms with van der Waals surface area (Å²) in [5, 5.41) is 22.0. The summed E-state index contributed by atoms with van der Waals surface area (Å²) >= 11 is 0. The molecule has 4 aromatic rings. The second-order valence-electron chi connectivity index (χ2n) is 7.49. The molecule has 160 valence electrons. The molecule has 32 heavy (non-hydrogen) atoms. The number of carbonyl (C=O) groups excluding carboxylic acids is 1. The second-order valence-corrected chi connectivity index (χ2v) is 7.49. The molecule has 1 aromatic heterocycles. The van der Waals surface area contributed by atoms with Gasteiger partial charge >= 0.3 is 5.63 Å². The van der Waals surface area contributed by atoms with E-state index in [1.54, 1.807) is 55.6 Å². The third-order valence-corrected chi connectivity index (χ3v) is 5.53. The number of aliphatic hydroxyl groups excluding tert-OH is 1. The Morgan fingerprint density at radius 3 is 2.59 bits per heavy atom. The molecule has 0 spiro atoms. The zero-order chi connectivity index (χ0) is 22.4. The molecule has 1 aliphatic rings. The first-order valence-electron chi connectivity index (χ1n) is 9.91. The maximum atomic E-state index is 12.9. The zero-order valence-electron chi connectivity index (χ0n) is 17.0. The molecule has 3 aromatic carbocycles. The number of methoxy groups -OCH3 is 1. The molecule has 0 saturated carbocycles. The van der Waals surface area contributed by atoms with Gasteiger partial charge in [0.05, 0.1) is 18.1 Å². The van der Waals surface area contributed by atoms with Crippen LogP contribution < -0.4 is 15.1 Å². The maximum absolute atomic E-state index is 12.9. The lowest BCUT2D eigenvalue weighted by Crippen LogP contribution is -2.20. The minimum Gasteiger partial charge on any atom is -0.507 e. The number of rotatable bonds is 4. The van der Waals surface area contributed by atoms with E-state index < -0.39 is 11.7 Å². The van der Waals surface area contributed by atoms with E-state index in [2.05, 4.69) is 0 Å². The molecule has 1 atom stereocenters. The Morgan fingerprint density at radius 1 is 1.09 bits per heavy atom. The van der Waals surface area contributed by atoms with Crippen molar-refractivity contribution in [2.24, 2.45) is 0 Å². The summed E-state index contributed by atoms with van der Waals surface area (Å²) < 4.78 is 16.3. The molecule has 0 saturated heterocycles. The van der Waals surface area contributed by atoms with Crippen LogP contribution in [0.2, 0.25) is 0 Å². The van der Waals surface area contributed by atoms with Crippen LogP contribution in [-0.2, 0) is 6.42 Å². The Kier molecular flexibility index (Phi) is 4.68. The first kappa shape index (κ1) is 19.8. The Balaban J connectivity index is 1.54. The molecular formula is C25H18O7. The van der Waals surface area contributed by atoms with Gasteiger partial charge in [-0.2, -0.15) is 0 Å². The van der Waals surface area contributed by atoms with Gasteiger partial charge in [-0.05, 0) is 35.9 Å². The smallest absolute Gasteiger partial charge is 0.346 e. The van der Waals surface area contributed by atoms with Gasteiger partial charge < -0.3 is 24.1 Å². The SMILES string of the molecule is COc1ccc(CC(=O)c2cc3c(cc2O)Oc2c(c(=O)oc4ccccc24)C3O)cc1. The van der Waals surface area contributed by atoms with E-state index in [0.717, 1.165) is 5.56 Å². The molecule has 0 aliphatic carbocycles. The summed E-state index contributed by atoms with van der Waals surface area (Å²) in [6.07, 6.45) is -1.33. The fourth-order valence-corrected chi connectivity index (χ4v) is 3.88. The van der Waals surface area contributed by atoms with E-state index in [4.69, 9.17) is 13.9 Å². The van der Waals surface area contributed by atoms with E-state index in [9.17, 15) is 19.8 Å². The Labute approximate surface area is 182 Å². The van der Waals surface area contributed by atoms with Crippen molar-refractivity contribution in [1.29, 1.82) is 0 Å². The lowest BCUT2D eigenvalue weighted by atomic mass is 9.93. The summed E-state index contributed by atoms with van der Waals surface area (Å²) in [5.74, 6) is 0.389. The average molecular weight is 430 g/mol. The standard InChI is InChI=1S/C25H18O7/c1-30-14-8-6-13(7-9-14)10-18(26)16-11-17-21(12-19(16)27)31-24-15-4-2-3-5-20(15)32-25(29)22(24)23(17)28/h2-9,11-12,23,27-28H,10H2,1H3. The van der Waals surface area contributed by atoms with E-state index in [1.807, 2.05) is 0 Å². The van der Waals surface area contributed by atoms with Crippen LogP contribution in [0.4, 0.5) is 0 Å². The summed E-state index contributed by atoms with van der Waals surface area (Å²) in [5.41, 5.74) is 0.517. The third-order valence-electron chi connectivity index (χ3n) is 5.53. The highest BCUT2D eigenvalue weighted by molar-refractivity contribution is 6.00. The predicted molar refractivity (Wildman–Crippen MR) is 116 cm³/mol. The van der Waals surface area contributed by atoms with Crippen molar-refractivity contribution < 1.29 is 28.9 Å². The van der Waals surface area contributed by atoms with E-state index in [1.165, 1.54) is 12.1 Å². The van der Waals surface area contributed by atoms with Crippen LogP contribution in [0.25, 0.3) is 11.0 Å². The lowest BCUT2D eigenvalue weighted by Gasteiger charge is -2.25. The van der Waals surface area contributed by atoms with Crippen LogP contribution in [0.15, 0.2) is 69.9 Å². The number of fused-ring (bicyclic) bond motifs is 4. The number of ketones is 1. The third kappa shape index (κ3) is 3.19. The van der Waals surface area contributed by atoms with Crippen LogP contribution in [0.3, 0.4) is 0 Å². The van der Waals surface area contributed by atoms with Gasteiger partial charge in [0.15, 0.2) is 11.5 Å². The van der Waals surface area contributed by atoms with Gasteiger partial charge in [0, 0.05) is 18.1 Å². The van der Waals surface area contributed by atoms with Gasteiger partial charge in [-0.15, -0.1) is 0 Å². The fourth-order valence-electron chi connectivity index (χ4n) is 3.88. The topological polar surface area (TPSA) is 106 Å². The fraction of sp³-hybridized carbons (Fsp3) is 0.120. The summed E-state index contributed by atoms with van der Waals surface area (Å²) in [4.78, 5) is 25.4. The molecule has 2 heterocycles. The number of aromatic hydroxyl groups is 1. The monoisotopic (exact) mass is 430 g/mol. The number of ether oxygens (including phenoxy) is 2. The van der Waals surface area contributed by atoms with Gasteiger partial charge in [0.1, 0.15) is 34.5 Å². The number of Topliss-reactive ketones (excluding diaryl/α,β-unsaturated/α-hetero) is 1. The van der Waals surface area contributed by atoms with E-state index in [0.29, 0.717) is 16.7 Å². The molecule has 1 aliphatic heterocycles. The normalized spacial score (nSPS) is 14.4. The summed E-state index contributed by atoms with van der Waals surface area (Å²) in [6, 6.07) is 16.5. The Hall–Kier alpha value is -4.10. The van der Waals surface area contributed by atoms with Gasteiger partial charge in [0.2, 0.25) is 0 Å². The van der Waals surface area contributed by atoms with Gasteiger partial charge in [-0.25, -0.2) is 4.79 Å². The molecule has 1 unspecified atom stereocenters. The van der Waals surface area contributed by atoms with Crippen molar-refractivity contribution in [1.82, 2.24) is 0 Å². The molecule has 0 fully saturated rings. The number of aliphatic hydroxyl groups is 1. The molecule has 0 radical (unpaired) electrons. The van der Waals surface area contributed by atoms with Crippen molar-refractivity contribution in [2.75, 3.05) is 7.11 Å². The van der Waals surface area contributed by atoms with Gasteiger partial charge in [-0.3, -0.25) is 4.79 Å². The van der Waals surface area contributed by atoms with Crippen LogP contribution in [0.5, 0.6) is 23.0 Å². The van der Waals surface area contributed by atoms with Gasteiger partial charge in [0.25, 0.3) is 0 Å². The summed E-state index contributed by atoms with van der Waals surface area (Å²) in [7, 11) is 1.56. The quantitative estimate of drug-likeness (QED) is 0.371. The highest BCUT2D eigenvalue weighted by Gasteiger charge is 2.33. The first-order valence-corrected chi connectivity index (χ1v) is 9.91. The molecule has 0 bridgehead atoms.